The number of hydrogen-bond donors (Lipinski definition) is 2. The van der Waals surface area contributed by atoms with Crippen LogP contribution >= 0.6 is 15.9 Å². The molecular formula is C11H9BrO3. The second-order valence-electron chi connectivity index (χ2n) is 2.78. The first-order chi connectivity index (χ1) is 7.15. The molecule has 0 radical (unpaired) electrons. The van der Waals surface area contributed by atoms with Gasteiger partial charge in [0.1, 0.15) is 0 Å². The Labute approximate surface area is 95.9 Å². The van der Waals surface area contributed by atoms with E-state index in [1.165, 1.54) is 12.1 Å². The van der Waals surface area contributed by atoms with Gasteiger partial charge in [-0.2, -0.15) is 0 Å². The van der Waals surface area contributed by atoms with Crippen molar-refractivity contribution in [1.29, 1.82) is 0 Å². The summed E-state index contributed by atoms with van der Waals surface area (Å²) in [6, 6.07) is 4.64. The van der Waals surface area contributed by atoms with Crippen molar-refractivity contribution in [2.24, 2.45) is 0 Å². The Morgan fingerprint density at radius 2 is 2.20 bits per heavy atom. The summed E-state index contributed by atoms with van der Waals surface area (Å²) in [6.07, 6.45) is 0.410. The highest BCUT2D eigenvalue weighted by molar-refractivity contribution is 9.10. The van der Waals surface area contributed by atoms with E-state index in [4.69, 9.17) is 10.2 Å². The van der Waals surface area contributed by atoms with Crippen molar-refractivity contribution < 1.29 is 15.0 Å². The van der Waals surface area contributed by atoms with Crippen LogP contribution in [0.1, 0.15) is 22.3 Å². The lowest BCUT2D eigenvalue weighted by Crippen LogP contribution is -1.96. The number of aliphatic hydroxyl groups excluding tert-OH is 1. The number of rotatable bonds is 2. The van der Waals surface area contributed by atoms with E-state index in [0.717, 1.165) is 0 Å². The molecular weight excluding hydrogens is 260 g/mol. The van der Waals surface area contributed by atoms with Gasteiger partial charge in [-0.15, -0.1) is 0 Å². The summed E-state index contributed by atoms with van der Waals surface area (Å²) in [7, 11) is 0. The summed E-state index contributed by atoms with van der Waals surface area (Å²) in [4.78, 5) is 10.6. The zero-order chi connectivity index (χ0) is 11.3. The van der Waals surface area contributed by atoms with Gasteiger partial charge >= 0.3 is 5.97 Å². The summed E-state index contributed by atoms with van der Waals surface area (Å²) in [5.74, 6) is 4.63. The first kappa shape index (κ1) is 11.8. The topological polar surface area (TPSA) is 57.5 Å². The Bertz CT molecular complexity index is 429. The van der Waals surface area contributed by atoms with Gasteiger partial charge in [-0.05, 0) is 34.1 Å². The van der Waals surface area contributed by atoms with E-state index in [9.17, 15) is 4.79 Å². The maximum absolute atomic E-state index is 10.6. The normalized spacial score (nSPS) is 9.20. The largest absolute Gasteiger partial charge is 0.478 e. The Morgan fingerprint density at radius 1 is 1.47 bits per heavy atom. The second kappa shape index (κ2) is 5.54. The van der Waals surface area contributed by atoms with Gasteiger partial charge in [-0.3, -0.25) is 0 Å². The molecule has 4 heteroatoms. The van der Waals surface area contributed by atoms with E-state index >= 15 is 0 Å². The van der Waals surface area contributed by atoms with Crippen LogP contribution < -0.4 is 0 Å². The minimum atomic E-state index is -0.967. The minimum absolute atomic E-state index is 0.0256. The van der Waals surface area contributed by atoms with Crippen molar-refractivity contribution >= 4 is 21.9 Å². The lowest BCUT2D eigenvalue weighted by atomic mass is 10.1. The minimum Gasteiger partial charge on any atom is -0.478 e. The standard InChI is InChI=1S/C11H9BrO3/c12-10-7-9(11(14)15)5-4-8(10)3-1-2-6-13/h4-5,7,13H,2,6H2,(H,14,15). The number of aromatic carboxylic acids is 1. The monoisotopic (exact) mass is 268 g/mol. The first-order valence-electron chi connectivity index (χ1n) is 4.27. The highest BCUT2D eigenvalue weighted by atomic mass is 79.9. The summed E-state index contributed by atoms with van der Waals surface area (Å²) in [6.45, 7) is 0.0256. The van der Waals surface area contributed by atoms with Crippen molar-refractivity contribution in [3.8, 4) is 11.8 Å². The number of carbonyl (C=O) groups is 1. The zero-order valence-corrected chi connectivity index (χ0v) is 9.41. The van der Waals surface area contributed by atoms with Crippen LogP contribution in [0.25, 0.3) is 0 Å². The lowest BCUT2D eigenvalue weighted by Gasteiger charge is -1.98. The van der Waals surface area contributed by atoms with Crippen LogP contribution in [-0.2, 0) is 0 Å². The molecule has 0 heterocycles. The molecule has 0 aromatic heterocycles. The van der Waals surface area contributed by atoms with E-state index < -0.39 is 5.97 Å². The predicted molar refractivity (Wildman–Crippen MR) is 59.7 cm³/mol. The smallest absolute Gasteiger partial charge is 0.335 e. The highest BCUT2D eigenvalue weighted by Gasteiger charge is 2.04. The predicted octanol–water partition coefficient (Wildman–Crippen LogP) is 1.88. The van der Waals surface area contributed by atoms with E-state index in [1.807, 2.05) is 0 Å². The summed E-state index contributed by atoms with van der Waals surface area (Å²) >= 11 is 3.24. The number of benzene rings is 1. The van der Waals surface area contributed by atoms with Crippen LogP contribution in [0.4, 0.5) is 0 Å². The van der Waals surface area contributed by atoms with Gasteiger partial charge in [0.15, 0.2) is 0 Å². The summed E-state index contributed by atoms with van der Waals surface area (Å²) < 4.78 is 0.646. The molecule has 0 bridgehead atoms. The molecule has 0 unspecified atom stereocenters. The summed E-state index contributed by atoms with van der Waals surface area (Å²) in [5.41, 5.74) is 0.933. The van der Waals surface area contributed by atoms with Gasteiger partial charge in [0, 0.05) is 16.5 Å². The van der Waals surface area contributed by atoms with Crippen LogP contribution in [0.5, 0.6) is 0 Å². The number of carboxylic acids is 1. The highest BCUT2D eigenvalue weighted by Crippen LogP contribution is 2.17. The van der Waals surface area contributed by atoms with E-state index in [0.29, 0.717) is 16.5 Å². The Kier molecular flexibility index (Phi) is 4.35. The van der Waals surface area contributed by atoms with Crippen LogP contribution in [-0.4, -0.2) is 22.8 Å². The van der Waals surface area contributed by atoms with Gasteiger partial charge in [0.25, 0.3) is 0 Å². The third kappa shape index (κ3) is 3.39. The molecule has 0 saturated carbocycles. The molecule has 3 nitrogen and oxygen atoms in total. The zero-order valence-electron chi connectivity index (χ0n) is 7.83. The van der Waals surface area contributed by atoms with E-state index in [1.54, 1.807) is 6.07 Å². The van der Waals surface area contributed by atoms with Crippen molar-refractivity contribution in [2.45, 2.75) is 6.42 Å². The van der Waals surface area contributed by atoms with Gasteiger partial charge in [0.05, 0.1) is 12.2 Å². The average Bonchev–Trinajstić information content (AvgIpc) is 2.20. The van der Waals surface area contributed by atoms with Crippen molar-refractivity contribution in [3.63, 3.8) is 0 Å². The molecule has 1 aromatic rings. The summed E-state index contributed by atoms with van der Waals surface area (Å²) in [5, 5.41) is 17.3. The lowest BCUT2D eigenvalue weighted by molar-refractivity contribution is 0.0697. The molecule has 0 aliphatic rings. The Morgan fingerprint density at radius 3 is 2.73 bits per heavy atom. The number of hydrogen-bond acceptors (Lipinski definition) is 2. The third-order valence-corrected chi connectivity index (χ3v) is 2.33. The third-order valence-electron chi connectivity index (χ3n) is 1.68. The van der Waals surface area contributed by atoms with E-state index in [2.05, 4.69) is 27.8 Å². The number of halogens is 1. The van der Waals surface area contributed by atoms with Gasteiger partial charge in [-0.1, -0.05) is 11.8 Å². The fourth-order valence-corrected chi connectivity index (χ4v) is 1.44. The van der Waals surface area contributed by atoms with Crippen LogP contribution in [0, 0.1) is 11.8 Å². The molecule has 0 saturated heterocycles. The molecule has 0 fully saturated rings. The molecule has 0 aliphatic carbocycles. The van der Waals surface area contributed by atoms with Crippen LogP contribution in [0.15, 0.2) is 22.7 Å². The molecule has 0 atom stereocenters. The van der Waals surface area contributed by atoms with Crippen LogP contribution in [0.2, 0.25) is 0 Å². The quantitative estimate of drug-likeness (QED) is 0.806. The van der Waals surface area contributed by atoms with Crippen LogP contribution in [0.3, 0.4) is 0 Å². The second-order valence-corrected chi connectivity index (χ2v) is 3.63. The SMILES string of the molecule is O=C(O)c1ccc(C#CCCO)c(Br)c1. The van der Waals surface area contributed by atoms with Crippen molar-refractivity contribution in [3.05, 3.63) is 33.8 Å². The number of carboxylic acid groups (broad SMARTS) is 1. The maximum Gasteiger partial charge on any atom is 0.335 e. The molecule has 78 valence electrons. The molecule has 0 aliphatic heterocycles. The van der Waals surface area contributed by atoms with Gasteiger partial charge < -0.3 is 10.2 Å². The van der Waals surface area contributed by atoms with E-state index in [-0.39, 0.29) is 12.2 Å². The molecule has 1 rings (SSSR count). The number of aliphatic hydroxyl groups is 1. The molecule has 1 aromatic carbocycles. The Hall–Kier alpha value is -1.31. The molecule has 0 amide bonds. The van der Waals surface area contributed by atoms with Crippen molar-refractivity contribution in [1.82, 2.24) is 0 Å². The maximum atomic E-state index is 10.6. The fourth-order valence-electron chi connectivity index (χ4n) is 0.963. The first-order valence-corrected chi connectivity index (χ1v) is 5.07. The Balaban J connectivity index is 2.95. The van der Waals surface area contributed by atoms with Crippen molar-refractivity contribution in [2.75, 3.05) is 6.61 Å². The fraction of sp³-hybridized carbons (Fsp3) is 0.182. The molecule has 15 heavy (non-hydrogen) atoms. The molecule has 0 spiro atoms. The van der Waals surface area contributed by atoms with Gasteiger partial charge in [-0.25, -0.2) is 4.79 Å². The molecule has 2 N–H and O–H groups in total. The average molecular weight is 269 g/mol. The van der Waals surface area contributed by atoms with Gasteiger partial charge in [0.2, 0.25) is 0 Å².